The molecule has 3 aromatic rings. The van der Waals surface area contributed by atoms with Crippen molar-refractivity contribution in [3.63, 3.8) is 0 Å². The van der Waals surface area contributed by atoms with E-state index in [1.807, 2.05) is 12.1 Å². The number of halogens is 1. The van der Waals surface area contributed by atoms with Gasteiger partial charge >= 0.3 is 0 Å². The molecular formula is C30H36ClNO3. The number of hydrogen-bond donors (Lipinski definition) is 0. The summed E-state index contributed by atoms with van der Waals surface area (Å²) in [6.07, 6.45) is 2.61. The van der Waals surface area contributed by atoms with E-state index in [9.17, 15) is 0 Å². The molecule has 0 aliphatic carbocycles. The molecule has 0 N–H and O–H groups in total. The topological polar surface area (TPSA) is 30.9 Å². The quantitative estimate of drug-likeness (QED) is 0.367. The summed E-state index contributed by atoms with van der Waals surface area (Å²) in [5.74, 6) is 2.92. The van der Waals surface area contributed by atoms with Crippen LogP contribution in [0.2, 0.25) is 0 Å². The molecule has 186 valence electrons. The molecule has 0 saturated carbocycles. The molecule has 0 radical (unpaired) electrons. The van der Waals surface area contributed by atoms with Crippen LogP contribution < -0.4 is 14.2 Å². The zero-order chi connectivity index (χ0) is 23.5. The molecule has 35 heavy (non-hydrogen) atoms. The van der Waals surface area contributed by atoms with Gasteiger partial charge in [0, 0.05) is 30.0 Å². The lowest BCUT2D eigenvalue weighted by molar-refractivity contribution is 0.0527. The first-order chi connectivity index (χ1) is 16.5. The summed E-state index contributed by atoms with van der Waals surface area (Å²) >= 11 is 0. The smallest absolute Gasteiger partial charge is 0.127 e. The largest absolute Gasteiger partial charge is 0.497 e. The molecule has 0 spiro atoms. The van der Waals surface area contributed by atoms with Crippen LogP contribution in [0.25, 0.3) is 0 Å². The maximum Gasteiger partial charge on any atom is 0.127 e. The van der Waals surface area contributed by atoms with Crippen LogP contribution in [0.1, 0.15) is 55.2 Å². The van der Waals surface area contributed by atoms with Gasteiger partial charge in [-0.2, -0.15) is 0 Å². The fraction of sp³-hybridized carbons (Fsp3) is 0.400. The van der Waals surface area contributed by atoms with Gasteiger partial charge in [0.15, 0.2) is 0 Å². The Labute approximate surface area is 215 Å². The van der Waals surface area contributed by atoms with Crippen LogP contribution in [0.4, 0.5) is 0 Å². The van der Waals surface area contributed by atoms with Crippen molar-refractivity contribution in [3.8, 4) is 17.2 Å². The van der Waals surface area contributed by atoms with E-state index in [0.717, 1.165) is 30.4 Å². The van der Waals surface area contributed by atoms with Gasteiger partial charge in [-0.15, -0.1) is 12.4 Å². The van der Waals surface area contributed by atoms with Gasteiger partial charge in [-0.1, -0.05) is 48.5 Å². The Kier molecular flexibility index (Phi) is 7.93. The first-order valence-corrected chi connectivity index (χ1v) is 12.4. The number of methoxy groups -OCH3 is 1. The van der Waals surface area contributed by atoms with E-state index in [-0.39, 0.29) is 24.2 Å². The van der Waals surface area contributed by atoms with Crippen LogP contribution in [0, 0.1) is 0 Å². The van der Waals surface area contributed by atoms with Gasteiger partial charge in [-0.05, 0) is 69.1 Å². The van der Waals surface area contributed by atoms with Crippen molar-refractivity contribution < 1.29 is 14.2 Å². The zero-order valence-electron chi connectivity index (χ0n) is 20.9. The maximum atomic E-state index is 6.62. The molecule has 1 saturated heterocycles. The molecule has 3 aromatic carbocycles. The van der Waals surface area contributed by atoms with E-state index in [2.05, 4.69) is 79.4 Å². The highest BCUT2D eigenvalue weighted by Gasteiger charge is 2.45. The molecular weight excluding hydrogens is 458 g/mol. The number of ether oxygens (including phenoxy) is 3. The van der Waals surface area contributed by atoms with Gasteiger partial charge in [0.2, 0.25) is 0 Å². The van der Waals surface area contributed by atoms with Gasteiger partial charge < -0.3 is 14.2 Å². The summed E-state index contributed by atoms with van der Waals surface area (Å²) in [5, 5.41) is 0. The normalized spacial score (nSPS) is 20.9. The van der Waals surface area contributed by atoms with Crippen molar-refractivity contribution in [1.82, 2.24) is 4.90 Å². The van der Waals surface area contributed by atoms with Crippen molar-refractivity contribution in [2.45, 2.75) is 44.1 Å². The van der Waals surface area contributed by atoms with E-state index >= 15 is 0 Å². The van der Waals surface area contributed by atoms with E-state index in [4.69, 9.17) is 14.2 Å². The SMILES string of the molecule is COc1ccc2c(c1)OC(C)(C)C(c1ccccc1)C2c1cccc(OCCN2CCCC2)c1.Cl. The number of rotatable bonds is 7. The van der Waals surface area contributed by atoms with Crippen LogP contribution >= 0.6 is 12.4 Å². The molecule has 2 heterocycles. The summed E-state index contributed by atoms with van der Waals surface area (Å²) in [5.41, 5.74) is 3.30. The minimum absolute atomic E-state index is 0. The Bertz CT molecular complexity index is 1110. The Morgan fingerprint density at radius 3 is 2.37 bits per heavy atom. The zero-order valence-corrected chi connectivity index (χ0v) is 21.7. The molecule has 5 heteroatoms. The molecule has 2 aliphatic rings. The molecule has 0 aromatic heterocycles. The first-order valence-electron chi connectivity index (χ1n) is 12.4. The van der Waals surface area contributed by atoms with Gasteiger partial charge in [0.1, 0.15) is 29.5 Å². The highest BCUT2D eigenvalue weighted by Crippen LogP contribution is 2.53. The number of hydrogen-bond acceptors (Lipinski definition) is 4. The second kappa shape index (κ2) is 10.9. The minimum Gasteiger partial charge on any atom is -0.497 e. The second-order valence-corrected chi connectivity index (χ2v) is 9.94. The van der Waals surface area contributed by atoms with E-state index in [0.29, 0.717) is 0 Å². The van der Waals surface area contributed by atoms with Crippen molar-refractivity contribution in [2.75, 3.05) is 33.4 Å². The highest BCUT2D eigenvalue weighted by molar-refractivity contribution is 5.85. The third-order valence-electron chi connectivity index (χ3n) is 7.26. The minimum atomic E-state index is -0.405. The van der Waals surface area contributed by atoms with Crippen LogP contribution in [-0.2, 0) is 0 Å². The standard InChI is InChI=1S/C30H35NO3.ClH/c1-30(2)29(22-10-5-4-6-11-22)28(26-15-14-24(32-3)21-27(26)34-30)23-12-9-13-25(20-23)33-19-18-31-16-7-8-17-31;/h4-6,9-15,20-21,28-29H,7-8,16-19H2,1-3H3;1H. The third-order valence-corrected chi connectivity index (χ3v) is 7.26. The van der Waals surface area contributed by atoms with Gasteiger partial charge in [-0.25, -0.2) is 0 Å². The van der Waals surface area contributed by atoms with Crippen molar-refractivity contribution in [1.29, 1.82) is 0 Å². The summed E-state index contributed by atoms with van der Waals surface area (Å²) in [6, 6.07) is 25.6. The average Bonchev–Trinajstić information content (AvgIpc) is 3.36. The van der Waals surface area contributed by atoms with Gasteiger partial charge in [0.25, 0.3) is 0 Å². The summed E-state index contributed by atoms with van der Waals surface area (Å²) < 4.78 is 18.3. The predicted octanol–water partition coefficient (Wildman–Crippen LogP) is 6.68. The Balaban J connectivity index is 0.00000289. The summed E-state index contributed by atoms with van der Waals surface area (Å²) in [6.45, 7) is 8.48. The Morgan fingerprint density at radius 1 is 0.886 bits per heavy atom. The number of benzene rings is 3. The number of fused-ring (bicyclic) bond motifs is 1. The number of likely N-dealkylation sites (tertiary alicyclic amines) is 1. The van der Waals surface area contributed by atoms with E-state index in [1.165, 1.54) is 42.6 Å². The van der Waals surface area contributed by atoms with Crippen molar-refractivity contribution in [2.24, 2.45) is 0 Å². The highest BCUT2D eigenvalue weighted by atomic mass is 35.5. The van der Waals surface area contributed by atoms with Crippen LogP contribution in [0.5, 0.6) is 17.2 Å². The fourth-order valence-corrected chi connectivity index (χ4v) is 5.64. The lowest BCUT2D eigenvalue weighted by Gasteiger charge is -2.45. The average molecular weight is 494 g/mol. The van der Waals surface area contributed by atoms with Gasteiger partial charge in [0.05, 0.1) is 7.11 Å². The monoisotopic (exact) mass is 493 g/mol. The van der Waals surface area contributed by atoms with Crippen LogP contribution in [0.3, 0.4) is 0 Å². The lowest BCUT2D eigenvalue weighted by atomic mass is 9.68. The van der Waals surface area contributed by atoms with Crippen LogP contribution in [0.15, 0.2) is 72.8 Å². The molecule has 0 amide bonds. The predicted molar refractivity (Wildman–Crippen MR) is 144 cm³/mol. The van der Waals surface area contributed by atoms with Gasteiger partial charge in [-0.3, -0.25) is 4.90 Å². The van der Waals surface area contributed by atoms with Crippen LogP contribution in [-0.4, -0.2) is 43.9 Å². The Hall–Kier alpha value is -2.69. The molecule has 2 aliphatic heterocycles. The Morgan fingerprint density at radius 2 is 1.63 bits per heavy atom. The molecule has 5 rings (SSSR count). The molecule has 1 fully saturated rings. The molecule has 2 atom stereocenters. The second-order valence-electron chi connectivity index (χ2n) is 9.94. The molecule has 2 unspecified atom stereocenters. The third kappa shape index (κ3) is 5.44. The van der Waals surface area contributed by atoms with E-state index < -0.39 is 5.60 Å². The summed E-state index contributed by atoms with van der Waals surface area (Å²) in [4.78, 5) is 2.49. The maximum absolute atomic E-state index is 6.62. The summed E-state index contributed by atoms with van der Waals surface area (Å²) in [7, 11) is 1.70. The fourth-order valence-electron chi connectivity index (χ4n) is 5.64. The molecule has 4 nitrogen and oxygen atoms in total. The lowest BCUT2D eigenvalue weighted by Crippen LogP contribution is -2.43. The van der Waals surface area contributed by atoms with E-state index in [1.54, 1.807) is 7.11 Å². The first kappa shape index (κ1) is 25.4. The number of nitrogens with zero attached hydrogens (tertiary/aromatic N) is 1. The van der Waals surface area contributed by atoms with Crippen molar-refractivity contribution >= 4 is 12.4 Å². The van der Waals surface area contributed by atoms with Crippen molar-refractivity contribution in [3.05, 3.63) is 89.5 Å². The molecule has 0 bridgehead atoms.